The van der Waals surface area contributed by atoms with Crippen LogP contribution in [0.1, 0.15) is 18.9 Å². The van der Waals surface area contributed by atoms with Crippen molar-refractivity contribution in [2.75, 3.05) is 11.9 Å². The molecule has 1 aromatic carbocycles. The normalized spacial score (nSPS) is 9.96. The minimum atomic E-state index is -0.363. The molecule has 0 fully saturated rings. The quantitative estimate of drug-likeness (QED) is 0.767. The zero-order valence-corrected chi connectivity index (χ0v) is 12.9. The summed E-state index contributed by atoms with van der Waals surface area (Å²) in [5.41, 5.74) is 1.51. The van der Waals surface area contributed by atoms with Crippen LogP contribution < -0.4 is 15.4 Å². The molecule has 0 radical (unpaired) electrons. The van der Waals surface area contributed by atoms with Gasteiger partial charge in [0.1, 0.15) is 12.2 Å². The molecule has 0 atom stereocenters. The Bertz CT molecular complexity index is 642. The maximum absolute atomic E-state index is 11.8. The first-order chi connectivity index (χ1) is 11.2. The molecule has 6 nitrogen and oxygen atoms in total. The Hall–Kier alpha value is -2.89. The summed E-state index contributed by atoms with van der Waals surface area (Å²) in [5, 5.41) is 5.35. The molecule has 6 heteroatoms. The molecule has 0 unspecified atom stereocenters. The van der Waals surface area contributed by atoms with Crippen LogP contribution >= 0.6 is 0 Å². The largest absolute Gasteiger partial charge is 0.494 e. The Morgan fingerprint density at radius 1 is 1.13 bits per heavy atom. The summed E-state index contributed by atoms with van der Waals surface area (Å²) >= 11 is 0. The SMILES string of the molecule is CCOc1ccc(NC(=O)CC(=O)NCc2cccnc2)cc1. The Morgan fingerprint density at radius 3 is 2.57 bits per heavy atom. The molecule has 2 rings (SSSR count). The molecule has 1 heterocycles. The van der Waals surface area contributed by atoms with Crippen LogP contribution in [0.25, 0.3) is 0 Å². The van der Waals surface area contributed by atoms with E-state index in [1.807, 2.05) is 13.0 Å². The van der Waals surface area contributed by atoms with Gasteiger partial charge in [0.15, 0.2) is 0 Å². The molecule has 0 aliphatic heterocycles. The average Bonchev–Trinajstić information content (AvgIpc) is 2.56. The summed E-state index contributed by atoms with van der Waals surface area (Å²) in [7, 11) is 0. The second-order valence-corrected chi connectivity index (χ2v) is 4.82. The zero-order valence-electron chi connectivity index (χ0n) is 12.9. The number of nitrogens with zero attached hydrogens (tertiary/aromatic N) is 1. The van der Waals surface area contributed by atoms with Crippen molar-refractivity contribution >= 4 is 17.5 Å². The van der Waals surface area contributed by atoms with E-state index < -0.39 is 0 Å². The first-order valence-electron chi connectivity index (χ1n) is 7.35. The van der Waals surface area contributed by atoms with Gasteiger partial charge in [0.05, 0.1) is 6.61 Å². The van der Waals surface area contributed by atoms with Gasteiger partial charge in [-0.05, 0) is 42.8 Å². The van der Waals surface area contributed by atoms with E-state index in [1.54, 1.807) is 42.7 Å². The molecule has 0 spiro atoms. The first-order valence-corrected chi connectivity index (χ1v) is 7.35. The van der Waals surface area contributed by atoms with Gasteiger partial charge in [-0.3, -0.25) is 14.6 Å². The van der Waals surface area contributed by atoms with Crippen LogP contribution in [-0.4, -0.2) is 23.4 Å². The lowest BCUT2D eigenvalue weighted by Gasteiger charge is -2.08. The van der Waals surface area contributed by atoms with Crippen LogP contribution in [0.2, 0.25) is 0 Å². The molecule has 120 valence electrons. The standard InChI is InChI=1S/C17H19N3O3/c1-2-23-15-7-5-14(6-8-15)20-17(22)10-16(21)19-12-13-4-3-9-18-11-13/h3-9,11H,2,10,12H2,1H3,(H,19,21)(H,20,22). The fourth-order valence-corrected chi connectivity index (χ4v) is 1.92. The lowest BCUT2D eigenvalue weighted by molar-refractivity contribution is -0.126. The summed E-state index contributed by atoms with van der Waals surface area (Å²) < 4.78 is 5.32. The van der Waals surface area contributed by atoms with Gasteiger partial charge < -0.3 is 15.4 Å². The van der Waals surface area contributed by atoms with Crippen molar-refractivity contribution in [2.24, 2.45) is 0 Å². The zero-order chi connectivity index (χ0) is 16.5. The van der Waals surface area contributed by atoms with Crippen molar-refractivity contribution in [3.05, 3.63) is 54.4 Å². The Morgan fingerprint density at radius 2 is 1.91 bits per heavy atom. The minimum absolute atomic E-state index is 0.229. The van der Waals surface area contributed by atoms with Crippen LogP contribution in [0.5, 0.6) is 5.75 Å². The number of nitrogens with one attached hydrogen (secondary N) is 2. The summed E-state index contributed by atoms with van der Waals surface area (Å²) in [6.45, 7) is 2.84. The van der Waals surface area contributed by atoms with Crippen LogP contribution in [0.4, 0.5) is 5.69 Å². The number of carbonyl (C=O) groups excluding carboxylic acids is 2. The third kappa shape index (κ3) is 5.78. The predicted octanol–water partition coefficient (Wildman–Crippen LogP) is 2.13. The number of benzene rings is 1. The number of hydrogen-bond acceptors (Lipinski definition) is 4. The Balaban J connectivity index is 1.76. The van der Waals surface area contributed by atoms with Crippen molar-refractivity contribution in [1.82, 2.24) is 10.3 Å². The van der Waals surface area contributed by atoms with E-state index in [2.05, 4.69) is 15.6 Å². The molecule has 2 N–H and O–H groups in total. The van der Waals surface area contributed by atoms with Crippen molar-refractivity contribution < 1.29 is 14.3 Å². The molecular weight excluding hydrogens is 294 g/mol. The molecule has 0 saturated carbocycles. The van der Waals surface area contributed by atoms with E-state index >= 15 is 0 Å². The van der Waals surface area contributed by atoms with Crippen LogP contribution in [-0.2, 0) is 16.1 Å². The van der Waals surface area contributed by atoms with Gasteiger partial charge in [-0.1, -0.05) is 6.07 Å². The van der Waals surface area contributed by atoms with Crippen LogP contribution in [0, 0.1) is 0 Å². The van der Waals surface area contributed by atoms with Crippen molar-refractivity contribution in [3.8, 4) is 5.75 Å². The second kappa shape index (κ2) is 8.53. The molecule has 23 heavy (non-hydrogen) atoms. The van der Waals surface area contributed by atoms with E-state index in [4.69, 9.17) is 4.74 Å². The number of hydrogen-bond donors (Lipinski definition) is 2. The van der Waals surface area contributed by atoms with E-state index in [0.29, 0.717) is 18.8 Å². The van der Waals surface area contributed by atoms with Gasteiger partial charge in [0.25, 0.3) is 0 Å². The topological polar surface area (TPSA) is 80.3 Å². The molecule has 1 aromatic heterocycles. The number of amides is 2. The molecule has 2 aromatic rings. The highest BCUT2D eigenvalue weighted by molar-refractivity contribution is 6.03. The number of pyridine rings is 1. The number of carbonyl (C=O) groups is 2. The van der Waals surface area contributed by atoms with Crippen molar-refractivity contribution in [1.29, 1.82) is 0 Å². The van der Waals surface area contributed by atoms with Gasteiger partial charge in [-0.2, -0.15) is 0 Å². The highest BCUT2D eigenvalue weighted by atomic mass is 16.5. The number of aromatic nitrogens is 1. The second-order valence-electron chi connectivity index (χ2n) is 4.82. The molecule has 0 aliphatic carbocycles. The lowest BCUT2D eigenvalue weighted by Crippen LogP contribution is -2.27. The molecule has 0 aliphatic rings. The highest BCUT2D eigenvalue weighted by Gasteiger charge is 2.09. The average molecular weight is 313 g/mol. The minimum Gasteiger partial charge on any atom is -0.494 e. The van der Waals surface area contributed by atoms with E-state index in [0.717, 1.165) is 11.3 Å². The van der Waals surface area contributed by atoms with Gasteiger partial charge in [-0.15, -0.1) is 0 Å². The fourth-order valence-electron chi connectivity index (χ4n) is 1.92. The molecule has 0 bridgehead atoms. The van der Waals surface area contributed by atoms with Crippen molar-refractivity contribution in [3.63, 3.8) is 0 Å². The smallest absolute Gasteiger partial charge is 0.233 e. The summed E-state index contributed by atoms with van der Waals surface area (Å²) in [6, 6.07) is 10.6. The summed E-state index contributed by atoms with van der Waals surface area (Å²) in [4.78, 5) is 27.5. The van der Waals surface area contributed by atoms with Gasteiger partial charge >= 0.3 is 0 Å². The summed E-state index contributed by atoms with van der Waals surface area (Å²) in [6.07, 6.45) is 3.10. The van der Waals surface area contributed by atoms with Gasteiger partial charge in [-0.25, -0.2) is 0 Å². The number of ether oxygens (including phenoxy) is 1. The van der Waals surface area contributed by atoms with E-state index in [1.165, 1.54) is 0 Å². The maximum Gasteiger partial charge on any atom is 0.233 e. The molecule has 2 amide bonds. The van der Waals surface area contributed by atoms with Gasteiger partial charge in [0, 0.05) is 24.6 Å². The number of anilines is 1. The highest BCUT2D eigenvalue weighted by Crippen LogP contribution is 2.15. The molecule has 0 saturated heterocycles. The Labute approximate surface area is 134 Å². The summed E-state index contributed by atoms with van der Waals surface area (Å²) in [5.74, 6) is 0.0369. The third-order valence-electron chi connectivity index (χ3n) is 2.98. The Kier molecular flexibility index (Phi) is 6.11. The van der Waals surface area contributed by atoms with E-state index in [-0.39, 0.29) is 18.2 Å². The number of rotatable bonds is 7. The maximum atomic E-state index is 11.8. The van der Waals surface area contributed by atoms with E-state index in [9.17, 15) is 9.59 Å². The van der Waals surface area contributed by atoms with Crippen molar-refractivity contribution in [2.45, 2.75) is 19.9 Å². The first kappa shape index (κ1) is 16.5. The van der Waals surface area contributed by atoms with Gasteiger partial charge in [0.2, 0.25) is 11.8 Å². The van der Waals surface area contributed by atoms with Crippen LogP contribution in [0.15, 0.2) is 48.8 Å². The predicted molar refractivity (Wildman–Crippen MR) is 86.9 cm³/mol. The van der Waals surface area contributed by atoms with Crippen LogP contribution in [0.3, 0.4) is 0 Å². The molecular formula is C17H19N3O3. The fraction of sp³-hybridized carbons (Fsp3) is 0.235. The third-order valence-corrected chi connectivity index (χ3v) is 2.98. The monoisotopic (exact) mass is 313 g/mol. The lowest BCUT2D eigenvalue weighted by atomic mass is 10.2.